The second-order valence-electron chi connectivity index (χ2n) is 10.7. The van der Waals surface area contributed by atoms with Gasteiger partial charge in [-0.05, 0) is 77.0 Å². The van der Waals surface area contributed by atoms with E-state index in [0.29, 0.717) is 12.2 Å². The fraction of sp³-hybridized carbons (Fsp3) is 0.452. The van der Waals surface area contributed by atoms with E-state index in [1.165, 1.54) is 11.1 Å². The number of aryl methyl sites for hydroxylation is 1. The van der Waals surface area contributed by atoms with Gasteiger partial charge >= 0.3 is 0 Å². The van der Waals surface area contributed by atoms with Crippen molar-refractivity contribution in [2.24, 2.45) is 5.73 Å². The van der Waals surface area contributed by atoms with Gasteiger partial charge in [-0.15, -0.1) is 0 Å². The van der Waals surface area contributed by atoms with E-state index in [9.17, 15) is 4.79 Å². The summed E-state index contributed by atoms with van der Waals surface area (Å²) in [5, 5.41) is 2.25. The first-order valence-electron chi connectivity index (χ1n) is 12.7. The van der Waals surface area contributed by atoms with E-state index in [0.717, 1.165) is 54.2 Å². The topological polar surface area (TPSA) is 52.3 Å². The smallest absolute Gasteiger partial charge is 0.248 e. The van der Waals surface area contributed by atoms with Gasteiger partial charge in [0.25, 0.3) is 0 Å². The number of nitrogens with two attached hydrogens (primary N) is 1. The van der Waals surface area contributed by atoms with Crippen LogP contribution in [0.5, 0.6) is 5.75 Å². The van der Waals surface area contributed by atoms with Crippen LogP contribution in [0.3, 0.4) is 0 Å². The summed E-state index contributed by atoms with van der Waals surface area (Å²) in [4.78, 5) is 12.0. The quantitative estimate of drug-likeness (QED) is 0.298. The van der Waals surface area contributed by atoms with E-state index in [4.69, 9.17) is 10.5 Å². The average molecular weight is 460 g/mol. The summed E-state index contributed by atoms with van der Waals surface area (Å²) >= 11 is 0. The molecule has 0 saturated heterocycles. The Bertz CT molecular complexity index is 1140. The molecule has 0 heterocycles. The van der Waals surface area contributed by atoms with Gasteiger partial charge in [0.1, 0.15) is 5.75 Å². The minimum Gasteiger partial charge on any atom is -0.493 e. The third kappa shape index (κ3) is 5.63. The molecule has 34 heavy (non-hydrogen) atoms. The SMILES string of the molecule is CCC(C)(C)c1ccc(OCCCCc2c(C(N)=O)ccc3ccccc23)c(C(C)(C)CC)c1. The molecule has 0 atom stereocenters. The summed E-state index contributed by atoms with van der Waals surface area (Å²) < 4.78 is 6.34. The van der Waals surface area contributed by atoms with Crippen LogP contribution in [0.4, 0.5) is 0 Å². The van der Waals surface area contributed by atoms with Crippen molar-refractivity contribution in [2.45, 2.75) is 84.5 Å². The molecule has 3 aromatic rings. The number of hydrogen-bond acceptors (Lipinski definition) is 2. The third-order valence-electron chi connectivity index (χ3n) is 7.64. The Kier molecular flexibility index (Phi) is 8.07. The molecule has 2 N–H and O–H groups in total. The van der Waals surface area contributed by atoms with Crippen LogP contribution in [0.25, 0.3) is 10.8 Å². The van der Waals surface area contributed by atoms with Crippen LogP contribution in [0.2, 0.25) is 0 Å². The molecule has 0 aliphatic carbocycles. The average Bonchev–Trinajstić information content (AvgIpc) is 2.83. The Morgan fingerprint density at radius 1 is 0.882 bits per heavy atom. The first-order valence-corrected chi connectivity index (χ1v) is 12.7. The van der Waals surface area contributed by atoms with Gasteiger partial charge in [0.2, 0.25) is 5.91 Å². The lowest BCUT2D eigenvalue weighted by atomic mass is 9.76. The molecular formula is C31H41NO2. The number of primary amides is 1. The number of amides is 1. The van der Waals surface area contributed by atoms with Crippen LogP contribution in [0, 0.1) is 0 Å². The summed E-state index contributed by atoms with van der Waals surface area (Å²) in [6.07, 6.45) is 4.80. The number of hydrogen-bond donors (Lipinski definition) is 1. The molecule has 3 rings (SSSR count). The molecule has 0 saturated carbocycles. The van der Waals surface area contributed by atoms with E-state index in [1.54, 1.807) is 0 Å². The van der Waals surface area contributed by atoms with Gasteiger partial charge in [0, 0.05) is 11.1 Å². The fourth-order valence-electron chi connectivity index (χ4n) is 4.42. The maximum absolute atomic E-state index is 12.0. The van der Waals surface area contributed by atoms with Crippen molar-refractivity contribution >= 4 is 16.7 Å². The lowest BCUT2D eigenvalue weighted by molar-refractivity contribution is 0.0999. The molecule has 182 valence electrons. The van der Waals surface area contributed by atoms with E-state index in [-0.39, 0.29) is 16.7 Å². The van der Waals surface area contributed by atoms with Crippen LogP contribution < -0.4 is 10.5 Å². The summed E-state index contributed by atoms with van der Waals surface area (Å²) in [6, 6.07) is 18.8. The van der Waals surface area contributed by atoms with Crippen LogP contribution in [-0.2, 0) is 17.3 Å². The molecule has 0 aliphatic heterocycles. The second kappa shape index (κ2) is 10.6. The number of ether oxygens (including phenoxy) is 1. The maximum atomic E-state index is 12.0. The minimum atomic E-state index is -0.362. The number of benzene rings is 3. The first-order chi connectivity index (χ1) is 16.1. The number of fused-ring (bicyclic) bond motifs is 1. The minimum absolute atomic E-state index is 0.0501. The van der Waals surface area contributed by atoms with E-state index < -0.39 is 0 Å². The summed E-state index contributed by atoms with van der Waals surface area (Å²) in [6.45, 7) is 14.3. The molecule has 0 spiro atoms. The van der Waals surface area contributed by atoms with Gasteiger partial charge in [-0.1, -0.05) is 84.0 Å². The largest absolute Gasteiger partial charge is 0.493 e. The molecule has 0 fully saturated rings. The maximum Gasteiger partial charge on any atom is 0.248 e. The predicted octanol–water partition coefficient (Wildman–Crippen LogP) is 7.72. The molecule has 0 aliphatic rings. The molecule has 3 heteroatoms. The van der Waals surface area contributed by atoms with Crippen molar-refractivity contribution < 1.29 is 9.53 Å². The lowest BCUT2D eigenvalue weighted by Gasteiger charge is -2.30. The zero-order valence-corrected chi connectivity index (χ0v) is 21.8. The Hall–Kier alpha value is -2.81. The fourth-order valence-corrected chi connectivity index (χ4v) is 4.42. The molecule has 0 aromatic heterocycles. The number of rotatable bonds is 11. The Balaban J connectivity index is 1.72. The predicted molar refractivity (Wildman–Crippen MR) is 144 cm³/mol. The Morgan fingerprint density at radius 2 is 1.59 bits per heavy atom. The molecule has 0 radical (unpaired) electrons. The number of unbranched alkanes of at least 4 members (excludes halogenated alkanes) is 1. The summed E-state index contributed by atoms with van der Waals surface area (Å²) in [5.74, 6) is 0.629. The highest BCUT2D eigenvalue weighted by molar-refractivity contribution is 6.00. The normalized spacial score (nSPS) is 12.2. The number of carbonyl (C=O) groups is 1. The summed E-state index contributed by atoms with van der Waals surface area (Å²) in [5.41, 5.74) is 10.2. The van der Waals surface area contributed by atoms with E-state index in [1.807, 2.05) is 24.3 Å². The van der Waals surface area contributed by atoms with Gasteiger partial charge in [-0.2, -0.15) is 0 Å². The summed E-state index contributed by atoms with van der Waals surface area (Å²) in [7, 11) is 0. The zero-order chi connectivity index (χ0) is 24.9. The molecule has 3 nitrogen and oxygen atoms in total. The van der Waals surface area contributed by atoms with Crippen molar-refractivity contribution in [3.63, 3.8) is 0 Å². The molecular weight excluding hydrogens is 418 g/mol. The van der Waals surface area contributed by atoms with Crippen molar-refractivity contribution in [3.8, 4) is 5.75 Å². The van der Waals surface area contributed by atoms with Crippen LogP contribution in [0.1, 0.15) is 94.3 Å². The highest BCUT2D eigenvalue weighted by Crippen LogP contribution is 2.38. The van der Waals surface area contributed by atoms with Gasteiger partial charge < -0.3 is 10.5 Å². The van der Waals surface area contributed by atoms with Gasteiger partial charge in [-0.25, -0.2) is 0 Å². The van der Waals surface area contributed by atoms with Gasteiger partial charge in [0.15, 0.2) is 0 Å². The monoisotopic (exact) mass is 459 g/mol. The van der Waals surface area contributed by atoms with Crippen LogP contribution in [-0.4, -0.2) is 12.5 Å². The molecule has 3 aromatic carbocycles. The molecule has 1 amide bonds. The van der Waals surface area contributed by atoms with Gasteiger partial charge in [0.05, 0.1) is 6.61 Å². The van der Waals surface area contributed by atoms with Crippen molar-refractivity contribution in [1.82, 2.24) is 0 Å². The van der Waals surface area contributed by atoms with Crippen LogP contribution in [0.15, 0.2) is 54.6 Å². The van der Waals surface area contributed by atoms with Crippen molar-refractivity contribution in [2.75, 3.05) is 6.61 Å². The second-order valence-corrected chi connectivity index (χ2v) is 10.7. The highest BCUT2D eigenvalue weighted by Gasteiger charge is 2.26. The third-order valence-corrected chi connectivity index (χ3v) is 7.64. The van der Waals surface area contributed by atoms with E-state index in [2.05, 4.69) is 71.9 Å². The van der Waals surface area contributed by atoms with Crippen LogP contribution >= 0.6 is 0 Å². The Morgan fingerprint density at radius 3 is 2.26 bits per heavy atom. The first kappa shape index (κ1) is 25.8. The van der Waals surface area contributed by atoms with Crippen molar-refractivity contribution in [1.29, 1.82) is 0 Å². The van der Waals surface area contributed by atoms with E-state index >= 15 is 0 Å². The highest BCUT2D eigenvalue weighted by atomic mass is 16.5. The van der Waals surface area contributed by atoms with Crippen molar-refractivity contribution in [3.05, 3.63) is 76.9 Å². The number of carbonyl (C=O) groups excluding carboxylic acids is 1. The lowest BCUT2D eigenvalue weighted by Crippen LogP contribution is -2.21. The Labute approximate surface area is 205 Å². The molecule has 0 bridgehead atoms. The van der Waals surface area contributed by atoms with Gasteiger partial charge in [-0.3, -0.25) is 4.79 Å². The zero-order valence-electron chi connectivity index (χ0n) is 21.8. The standard InChI is InChI=1S/C31H41NO2/c1-7-30(3,4)23-17-19-28(27(21-23)31(5,6)8-2)34-20-12-11-15-25-24-14-10-9-13-22(24)16-18-26(25)29(32)33/h9-10,13-14,16-19,21H,7-8,11-12,15,20H2,1-6H3,(H2,32,33). The molecule has 0 unspecified atom stereocenters.